The Kier molecular flexibility index (Phi) is 3.88. The van der Waals surface area contributed by atoms with Gasteiger partial charge in [0.1, 0.15) is 11.6 Å². The molecule has 2 rings (SSSR count). The molecule has 0 aliphatic heterocycles. The van der Waals surface area contributed by atoms with Crippen molar-refractivity contribution in [1.82, 2.24) is 9.97 Å². The Labute approximate surface area is 107 Å². The molecule has 0 saturated carbocycles. The molecule has 0 spiro atoms. The van der Waals surface area contributed by atoms with Crippen molar-refractivity contribution in [2.45, 2.75) is 10.6 Å². The van der Waals surface area contributed by atoms with E-state index >= 15 is 0 Å². The number of rotatable bonds is 4. The quantitative estimate of drug-likeness (QED) is 0.843. The van der Waals surface area contributed by atoms with E-state index in [2.05, 4.69) is 9.97 Å². The molecular formula is C12H13N3O2S. The maximum atomic E-state index is 12.2. The number of anilines is 1. The number of nitrogens with zero attached hydrogens (tertiary/aromatic N) is 2. The van der Waals surface area contributed by atoms with Crippen LogP contribution < -0.4 is 10.5 Å². The molecule has 6 heteroatoms. The van der Waals surface area contributed by atoms with Gasteiger partial charge in [-0.3, -0.25) is 4.21 Å². The van der Waals surface area contributed by atoms with E-state index in [4.69, 9.17) is 10.5 Å². The summed E-state index contributed by atoms with van der Waals surface area (Å²) in [5.74, 6) is 1.39. The standard InChI is InChI=1S/C12H13N3O2S/c1-17-9-3-4-10(13)11(7-9)18(16)8-12-14-5-2-6-15-12/h2-7H,8,13H2,1H3. The summed E-state index contributed by atoms with van der Waals surface area (Å²) in [6, 6.07) is 6.80. The van der Waals surface area contributed by atoms with Crippen LogP contribution in [0.3, 0.4) is 0 Å². The predicted molar refractivity (Wildman–Crippen MR) is 69.6 cm³/mol. The fourth-order valence-electron chi connectivity index (χ4n) is 1.44. The van der Waals surface area contributed by atoms with Gasteiger partial charge in [-0.2, -0.15) is 0 Å². The molecule has 1 unspecified atom stereocenters. The summed E-state index contributed by atoms with van der Waals surface area (Å²) in [5, 5.41) is 0. The first-order valence-corrected chi connectivity index (χ1v) is 6.60. The molecule has 94 valence electrons. The molecule has 0 amide bonds. The summed E-state index contributed by atoms with van der Waals surface area (Å²) in [6.45, 7) is 0. The van der Waals surface area contributed by atoms with Crippen molar-refractivity contribution in [1.29, 1.82) is 0 Å². The highest BCUT2D eigenvalue weighted by Gasteiger charge is 2.11. The molecule has 1 aromatic carbocycles. The Bertz CT molecular complexity index is 561. The summed E-state index contributed by atoms with van der Waals surface area (Å²) in [7, 11) is 0.266. The lowest BCUT2D eigenvalue weighted by atomic mass is 10.3. The highest BCUT2D eigenvalue weighted by atomic mass is 32.2. The van der Waals surface area contributed by atoms with Gasteiger partial charge >= 0.3 is 0 Å². The summed E-state index contributed by atoms with van der Waals surface area (Å²) in [4.78, 5) is 8.62. The zero-order chi connectivity index (χ0) is 13.0. The van der Waals surface area contributed by atoms with Gasteiger partial charge in [0.2, 0.25) is 0 Å². The fraction of sp³-hybridized carbons (Fsp3) is 0.167. The highest BCUT2D eigenvalue weighted by molar-refractivity contribution is 7.84. The molecule has 1 heterocycles. The van der Waals surface area contributed by atoms with E-state index in [1.54, 1.807) is 43.8 Å². The summed E-state index contributed by atoms with van der Waals surface area (Å²) >= 11 is 0. The molecule has 0 aliphatic rings. The molecule has 18 heavy (non-hydrogen) atoms. The minimum Gasteiger partial charge on any atom is -0.497 e. The van der Waals surface area contributed by atoms with E-state index in [1.807, 2.05) is 0 Å². The molecule has 0 aliphatic carbocycles. The first-order valence-electron chi connectivity index (χ1n) is 5.28. The molecule has 1 aromatic heterocycles. The van der Waals surface area contributed by atoms with Crippen molar-refractivity contribution >= 4 is 16.5 Å². The van der Waals surface area contributed by atoms with Crippen molar-refractivity contribution in [3.05, 3.63) is 42.5 Å². The van der Waals surface area contributed by atoms with Crippen molar-refractivity contribution in [2.24, 2.45) is 0 Å². The lowest BCUT2D eigenvalue weighted by Gasteiger charge is -2.07. The van der Waals surface area contributed by atoms with Gasteiger partial charge in [0.25, 0.3) is 0 Å². The maximum Gasteiger partial charge on any atom is 0.141 e. The normalized spacial score (nSPS) is 12.1. The smallest absolute Gasteiger partial charge is 0.141 e. The Balaban J connectivity index is 2.23. The minimum atomic E-state index is -1.29. The zero-order valence-corrected chi connectivity index (χ0v) is 10.7. The maximum absolute atomic E-state index is 12.2. The van der Waals surface area contributed by atoms with Crippen LogP contribution in [0.2, 0.25) is 0 Å². The van der Waals surface area contributed by atoms with E-state index in [0.717, 1.165) is 0 Å². The number of nitrogen functional groups attached to an aromatic ring is 1. The van der Waals surface area contributed by atoms with Gasteiger partial charge in [0, 0.05) is 18.1 Å². The molecule has 0 saturated heterocycles. The van der Waals surface area contributed by atoms with Gasteiger partial charge in [0.05, 0.1) is 28.6 Å². The van der Waals surface area contributed by atoms with Crippen molar-refractivity contribution in [2.75, 3.05) is 12.8 Å². The first kappa shape index (κ1) is 12.5. The molecule has 1 atom stereocenters. The fourth-order valence-corrected chi connectivity index (χ4v) is 2.56. The van der Waals surface area contributed by atoms with Gasteiger partial charge in [-0.1, -0.05) is 0 Å². The lowest BCUT2D eigenvalue weighted by molar-refractivity contribution is 0.413. The van der Waals surface area contributed by atoms with Crippen LogP contribution in [0, 0.1) is 0 Å². The summed E-state index contributed by atoms with van der Waals surface area (Å²) in [6.07, 6.45) is 3.24. The Hall–Kier alpha value is -1.95. The average Bonchev–Trinajstić information content (AvgIpc) is 2.40. The Morgan fingerprint density at radius 1 is 1.33 bits per heavy atom. The van der Waals surface area contributed by atoms with Crippen LogP contribution in [0.5, 0.6) is 5.75 Å². The third kappa shape index (κ3) is 2.84. The largest absolute Gasteiger partial charge is 0.497 e. The van der Waals surface area contributed by atoms with E-state index in [-0.39, 0.29) is 5.75 Å². The zero-order valence-electron chi connectivity index (χ0n) is 9.87. The summed E-state index contributed by atoms with van der Waals surface area (Å²) in [5.41, 5.74) is 6.29. The van der Waals surface area contributed by atoms with E-state index < -0.39 is 10.8 Å². The van der Waals surface area contributed by atoms with Crippen LogP contribution in [0.15, 0.2) is 41.6 Å². The van der Waals surface area contributed by atoms with Gasteiger partial charge in [-0.05, 0) is 24.3 Å². The van der Waals surface area contributed by atoms with Gasteiger partial charge in [-0.25, -0.2) is 9.97 Å². The third-order valence-electron chi connectivity index (χ3n) is 2.35. The predicted octanol–water partition coefficient (Wildman–Crippen LogP) is 1.38. The van der Waals surface area contributed by atoms with E-state index in [1.165, 1.54) is 0 Å². The second-order valence-corrected chi connectivity index (χ2v) is 4.98. The number of nitrogens with two attached hydrogens (primary N) is 1. The Morgan fingerprint density at radius 3 is 2.72 bits per heavy atom. The molecule has 0 fully saturated rings. The summed E-state index contributed by atoms with van der Waals surface area (Å²) < 4.78 is 17.3. The van der Waals surface area contributed by atoms with Crippen LogP contribution in [-0.4, -0.2) is 21.3 Å². The lowest BCUT2D eigenvalue weighted by Crippen LogP contribution is -2.04. The van der Waals surface area contributed by atoms with Gasteiger partial charge in [-0.15, -0.1) is 0 Å². The number of hydrogen-bond donors (Lipinski definition) is 1. The molecule has 2 N–H and O–H groups in total. The van der Waals surface area contributed by atoms with Crippen molar-refractivity contribution in [3.63, 3.8) is 0 Å². The number of aromatic nitrogens is 2. The van der Waals surface area contributed by atoms with Gasteiger partial charge < -0.3 is 10.5 Å². The van der Waals surface area contributed by atoms with E-state index in [9.17, 15) is 4.21 Å². The molecule has 0 bridgehead atoms. The van der Waals surface area contributed by atoms with Crippen LogP contribution in [0.1, 0.15) is 5.82 Å². The first-order chi connectivity index (χ1) is 8.70. The number of methoxy groups -OCH3 is 1. The van der Waals surface area contributed by atoms with Crippen LogP contribution in [0.25, 0.3) is 0 Å². The second-order valence-electron chi connectivity index (χ2n) is 3.56. The van der Waals surface area contributed by atoms with Crippen LogP contribution >= 0.6 is 0 Å². The monoisotopic (exact) mass is 263 g/mol. The number of benzene rings is 1. The van der Waals surface area contributed by atoms with Gasteiger partial charge in [0.15, 0.2) is 0 Å². The number of hydrogen-bond acceptors (Lipinski definition) is 5. The average molecular weight is 263 g/mol. The van der Waals surface area contributed by atoms with Crippen molar-refractivity contribution in [3.8, 4) is 5.75 Å². The molecule has 5 nitrogen and oxygen atoms in total. The topological polar surface area (TPSA) is 78.1 Å². The second kappa shape index (κ2) is 5.59. The van der Waals surface area contributed by atoms with Crippen LogP contribution in [-0.2, 0) is 16.6 Å². The molecule has 2 aromatic rings. The third-order valence-corrected chi connectivity index (χ3v) is 3.71. The Morgan fingerprint density at radius 2 is 2.06 bits per heavy atom. The minimum absolute atomic E-state index is 0.234. The molecule has 0 radical (unpaired) electrons. The van der Waals surface area contributed by atoms with E-state index in [0.29, 0.717) is 22.2 Å². The van der Waals surface area contributed by atoms with Crippen LogP contribution in [0.4, 0.5) is 5.69 Å². The number of ether oxygens (including phenoxy) is 1. The SMILES string of the molecule is COc1ccc(N)c(S(=O)Cc2ncccn2)c1. The highest BCUT2D eigenvalue weighted by Crippen LogP contribution is 2.23. The molecular weight excluding hydrogens is 250 g/mol. The van der Waals surface area contributed by atoms with Crippen molar-refractivity contribution < 1.29 is 8.95 Å².